The fourth-order valence-electron chi connectivity index (χ4n) is 3.74. The Kier molecular flexibility index (Phi) is 4.31. The van der Waals surface area contributed by atoms with Gasteiger partial charge in [0.15, 0.2) is 0 Å². The molecule has 3 heteroatoms. The summed E-state index contributed by atoms with van der Waals surface area (Å²) < 4.78 is 0. The number of nitrogens with zero attached hydrogens (tertiary/aromatic N) is 1. The van der Waals surface area contributed by atoms with E-state index in [0.29, 0.717) is 18.4 Å². The third-order valence-corrected chi connectivity index (χ3v) is 5.06. The first-order chi connectivity index (χ1) is 8.52. The summed E-state index contributed by atoms with van der Waals surface area (Å²) in [6.45, 7) is 2.28. The quantitative estimate of drug-likeness (QED) is 0.839. The number of carbonyl (C=O) groups is 1. The van der Waals surface area contributed by atoms with Gasteiger partial charge in [-0.1, -0.05) is 32.6 Å². The largest absolute Gasteiger partial charge is 0.342 e. The minimum Gasteiger partial charge on any atom is -0.342 e. The lowest BCUT2D eigenvalue weighted by atomic mass is 9.84. The highest BCUT2D eigenvalue weighted by molar-refractivity contribution is 5.77. The summed E-state index contributed by atoms with van der Waals surface area (Å²) in [6, 6.07) is 0.441. The predicted octanol–water partition coefficient (Wildman–Crippen LogP) is 2.69. The molecule has 2 unspecified atom stereocenters. The molecule has 0 spiro atoms. The van der Waals surface area contributed by atoms with Gasteiger partial charge in [-0.15, -0.1) is 0 Å². The molecule has 0 radical (unpaired) electrons. The maximum atomic E-state index is 12.4. The molecule has 2 atom stereocenters. The Labute approximate surface area is 111 Å². The third kappa shape index (κ3) is 3.05. The maximum Gasteiger partial charge on any atom is 0.224 e. The molecule has 2 N–H and O–H groups in total. The van der Waals surface area contributed by atoms with Crippen LogP contribution in [-0.2, 0) is 4.79 Å². The van der Waals surface area contributed by atoms with Crippen molar-refractivity contribution in [3.05, 3.63) is 0 Å². The van der Waals surface area contributed by atoms with Crippen molar-refractivity contribution in [3.8, 4) is 0 Å². The first-order valence-electron chi connectivity index (χ1n) is 7.56. The Morgan fingerprint density at radius 1 is 1.22 bits per heavy atom. The summed E-state index contributed by atoms with van der Waals surface area (Å²) >= 11 is 0. The molecule has 0 aromatic heterocycles. The highest BCUT2D eigenvalue weighted by Crippen LogP contribution is 2.32. The molecule has 2 saturated carbocycles. The number of carbonyl (C=O) groups excluding carboxylic acids is 1. The van der Waals surface area contributed by atoms with Gasteiger partial charge in [0.05, 0.1) is 0 Å². The molecule has 0 aromatic rings. The van der Waals surface area contributed by atoms with Crippen LogP contribution < -0.4 is 5.73 Å². The van der Waals surface area contributed by atoms with Crippen LogP contribution in [0.4, 0.5) is 0 Å². The zero-order chi connectivity index (χ0) is 13.2. The summed E-state index contributed by atoms with van der Waals surface area (Å²) in [6.07, 6.45) is 9.98. The normalized spacial score (nSPS) is 31.3. The Bertz CT molecular complexity index is 297. The zero-order valence-corrected chi connectivity index (χ0v) is 12.0. The molecule has 3 nitrogen and oxygen atoms in total. The number of rotatable bonds is 3. The number of nitrogens with two attached hydrogens (primary N) is 1. The monoisotopic (exact) mass is 252 g/mol. The maximum absolute atomic E-state index is 12.4. The number of hydrogen-bond acceptors (Lipinski definition) is 2. The standard InChI is InChI=1S/C15H28N2O/c1-12-7-3-4-8-13(12)17(2)14(18)11-15(16)9-5-6-10-15/h12-13H,3-11,16H2,1-2H3. The van der Waals surface area contributed by atoms with Crippen LogP contribution in [0.3, 0.4) is 0 Å². The van der Waals surface area contributed by atoms with Crippen LogP contribution >= 0.6 is 0 Å². The molecule has 0 heterocycles. The van der Waals surface area contributed by atoms with Gasteiger partial charge in [0, 0.05) is 25.0 Å². The van der Waals surface area contributed by atoms with E-state index in [-0.39, 0.29) is 11.4 Å². The lowest BCUT2D eigenvalue weighted by Gasteiger charge is -2.37. The molecule has 0 bridgehead atoms. The molecule has 0 aliphatic heterocycles. The summed E-state index contributed by atoms with van der Waals surface area (Å²) in [4.78, 5) is 14.4. The predicted molar refractivity (Wildman–Crippen MR) is 74.2 cm³/mol. The second-order valence-corrected chi connectivity index (χ2v) is 6.58. The van der Waals surface area contributed by atoms with Crippen LogP contribution in [0.2, 0.25) is 0 Å². The average molecular weight is 252 g/mol. The Balaban J connectivity index is 1.91. The van der Waals surface area contributed by atoms with Gasteiger partial charge >= 0.3 is 0 Å². The molecular weight excluding hydrogens is 224 g/mol. The molecule has 0 aromatic carbocycles. The third-order valence-electron chi connectivity index (χ3n) is 5.06. The molecule has 104 valence electrons. The van der Waals surface area contributed by atoms with E-state index >= 15 is 0 Å². The smallest absolute Gasteiger partial charge is 0.224 e. The van der Waals surface area contributed by atoms with Gasteiger partial charge in [-0.2, -0.15) is 0 Å². The van der Waals surface area contributed by atoms with Gasteiger partial charge in [0.1, 0.15) is 0 Å². The minimum atomic E-state index is -0.205. The summed E-state index contributed by atoms with van der Waals surface area (Å²) in [7, 11) is 1.98. The van der Waals surface area contributed by atoms with Crippen LogP contribution in [0.5, 0.6) is 0 Å². The van der Waals surface area contributed by atoms with Gasteiger partial charge in [-0.05, 0) is 31.6 Å². The first-order valence-corrected chi connectivity index (χ1v) is 7.56. The molecule has 0 saturated heterocycles. The molecule has 2 aliphatic carbocycles. The van der Waals surface area contributed by atoms with Crippen molar-refractivity contribution in [2.75, 3.05) is 7.05 Å². The second-order valence-electron chi connectivity index (χ2n) is 6.58. The van der Waals surface area contributed by atoms with E-state index in [1.807, 2.05) is 11.9 Å². The van der Waals surface area contributed by atoms with E-state index < -0.39 is 0 Å². The Morgan fingerprint density at radius 3 is 2.44 bits per heavy atom. The van der Waals surface area contributed by atoms with E-state index in [1.54, 1.807) is 0 Å². The van der Waals surface area contributed by atoms with Gasteiger partial charge in [-0.25, -0.2) is 0 Å². The fourth-order valence-corrected chi connectivity index (χ4v) is 3.74. The molecule has 2 rings (SSSR count). The van der Waals surface area contributed by atoms with Crippen molar-refractivity contribution >= 4 is 5.91 Å². The fraction of sp³-hybridized carbons (Fsp3) is 0.933. The second kappa shape index (κ2) is 5.60. The molecule has 2 aliphatic rings. The van der Waals surface area contributed by atoms with Gasteiger partial charge in [0.2, 0.25) is 5.91 Å². The van der Waals surface area contributed by atoms with E-state index in [2.05, 4.69) is 6.92 Å². The molecule has 18 heavy (non-hydrogen) atoms. The van der Waals surface area contributed by atoms with Crippen molar-refractivity contribution in [1.29, 1.82) is 0 Å². The van der Waals surface area contributed by atoms with Crippen molar-refractivity contribution in [3.63, 3.8) is 0 Å². The highest BCUT2D eigenvalue weighted by atomic mass is 16.2. The topological polar surface area (TPSA) is 46.3 Å². The van der Waals surface area contributed by atoms with Crippen LogP contribution in [0, 0.1) is 5.92 Å². The van der Waals surface area contributed by atoms with Crippen molar-refractivity contribution in [2.24, 2.45) is 11.7 Å². The Morgan fingerprint density at radius 2 is 1.83 bits per heavy atom. The zero-order valence-electron chi connectivity index (χ0n) is 12.0. The van der Waals surface area contributed by atoms with Crippen LogP contribution in [-0.4, -0.2) is 29.4 Å². The lowest BCUT2D eigenvalue weighted by Crippen LogP contribution is -2.47. The summed E-state index contributed by atoms with van der Waals surface area (Å²) in [5.74, 6) is 0.906. The van der Waals surface area contributed by atoms with Crippen molar-refractivity contribution in [2.45, 2.75) is 76.3 Å². The summed E-state index contributed by atoms with van der Waals surface area (Å²) in [5, 5.41) is 0. The van der Waals surface area contributed by atoms with Crippen LogP contribution in [0.15, 0.2) is 0 Å². The van der Waals surface area contributed by atoms with Crippen LogP contribution in [0.1, 0.15) is 64.7 Å². The number of hydrogen-bond donors (Lipinski definition) is 1. The van der Waals surface area contributed by atoms with E-state index in [0.717, 1.165) is 12.8 Å². The van der Waals surface area contributed by atoms with Crippen molar-refractivity contribution in [1.82, 2.24) is 4.90 Å². The first kappa shape index (κ1) is 13.9. The van der Waals surface area contributed by atoms with E-state index in [9.17, 15) is 4.79 Å². The molecular formula is C15H28N2O. The van der Waals surface area contributed by atoms with E-state index in [1.165, 1.54) is 38.5 Å². The molecule has 1 amide bonds. The van der Waals surface area contributed by atoms with Crippen molar-refractivity contribution < 1.29 is 4.79 Å². The van der Waals surface area contributed by atoms with Gasteiger partial charge in [0.25, 0.3) is 0 Å². The number of amides is 1. The van der Waals surface area contributed by atoms with E-state index in [4.69, 9.17) is 5.73 Å². The molecule has 2 fully saturated rings. The average Bonchev–Trinajstić information content (AvgIpc) is 2.75. The SMILES string of the molecule is CC1CCCCC1N(C)C(=O)CC1(N)CCCC1. The van der Waals surface area contributed by atoms with Crippen LogP contribution in [0.25, 0.3) is 0 Å². The lowest BCUT2D eigenvalue weighted by molar-refractivity contribution is -0.134. The minimum absolute atomic E-state index is 0.205. The van der Waals surface area contributed by atoms with Gasteiger partial charge in [-0.3, -0.25) is 4.79 Å². The summed E-state index contributed by atoms with van der Waals surface area (Å²) in [5.41, 5.74) is 6.11. The van der Waals surface area contributed by atoms with Gasteiger partial charge < -0.3 is 10.6 Å². The highest BCUT2D eigenvalue weighted by Gasteiger charge is 2.35. The Hall–Kier alpha value is -0.570.